The van der Waals surface area contributed by atoms with E-state index in [9.17, 15) is 4.79 Å². The highest BCUT2D eigenvalue weighted by molar-refractivity contribution is 6.01. The molecule has 6 heteroatoms. The van der Waals surface area contributed by atoms with Gasteiger partial charge in [-0.2, -0.15) is 0 Å². The minimum atomic E-state index is -0.00490. The molecule has 0 aromatic heterocycles. The van der Waals surface area contributed by atoms with Crippen LogP contribution in [0.4, 0.5) is 0 Å². The SMILES string of the molecule is COc1ccc(C(=O)CN2CCOCC2)c(OC)c1OC. The van der Waals surface area contributed by atoms with Gasteiger partial charge in [-0.25, -0.2) is 0 Å². The van der Waals surface area contributed by atoms with Gasteiger partial charge in [0, 0.05) is 13.1 Å². The Labute approximate surface area is 124 Å². The Morgan fingerprint density at radius 2 is 1.76 bits per heavy atom. The van der Waals surface area contributed by atoms with Gasteiger partial charge in [0.2, 0.25) is 5.75 Å². The van der Waals surface area contributed by atoms with Crippen LogP contribution in [0, 0.1) is 0 Å². The molecule has 1 aliphatic rings. The van der Waals surface area contributed by atoms with Gasteiger partial charge >= 0.3 is 0 Å². The number of morpholine rings is 1. The van der Waals surface area contributed by atoms with Crippen LogP contribution < -0.4 is 14.2 Å². The van der Waals surface area contributed by atoms with Crippen molar-refractivity contribution in [3.8, 4) is 17.2 Å². The third-order valence-corrected chi connectivity index (χ3v) is 3.48. The number of carbonyl (C=O) groups is 1. The quantitative estimate of drug-likeness (QED) is 0.736. The fourth-order valence-electron chi connectivity index (χ4n) is 2.37. The largest absolute Gasteiger partial charge is 0.493 e. The van der Waals surface area contributed by atoms with E-state index in [1.54, 1.807) is 19.2 Å². The van der Waals surface area contributed by atoms with Crippen LogP contribution in [0.2, 0.25) is 0 Å². The van der Waals surface area contributed by atoms with E-state index in [1.807, 2.05) is 0 Å². The third kappa shape index (κ3) is 3.46. The Balaban J connectivity index is 2.23. The van der Waals surface area contributed by atoms with Crippen molar-refractivity contribution in [1.29, 1.82) is 0 Å². The van der Waals surface area contributed by atoms with Crippen LogP contribution in [0.15, 0.2) is 12.1 Å². The smallest absolute Gasteiger partial charge is 0.204 e. The lowest BCUT2D eigenvalue weighted by atomic mass is 10.1. The lowest BCUT2D eigenvalue weighted by Gasteiger charge is -2.26. The molecule has 1 aromatic carbocycles. The highest BCUT2D eigenvalue weighted by Crippen LogP contribution is 2.39. The average molecular weight is 295 g/mol. The average Bonchev–Trinajstić information content (AvgIpc) is 2.53. The Kier molecular flexibility index (Phi) is 5.41. The molecule has 1 saturated heterocycles. The van der Waals surface area contributed by atoms with Gasteiger partial charge in [-0.15, -0.1) is 0 Å². The summed E-state index contributed by atoms with van der Waals surface area (Å²) in [5.74, 6) is 1.38. The van der Waals surface area contributed by atoms with Crippen molar-refractivity contribution in [1.82, 2.24) is 4.90 Å². The van der Waals surface area contributed by atoms with E-state index in [2.05, 4.69) is 4.90 Å². The summed E-state index contributed by atoms with van der Waals surface area (Å²) >= 11 is 0. The first kappa shape index (κ1) is 15.6. The first-order chi connectivity index (χ1) is 10.2. The zero-order valence-corrected chi connectivity index (χ0v) is 12.7. The van der Waals surface area contributed by atoms with Crippen molar-refractivity contribution >= 4 is 5.78 Å². The van der Waals surface area contributed by atoms with Crippen LogP contribution in [-0.4, -0.2) is 64.9 Å². The number of ether oxygens (including phenoxy) is 4. The molecule has 0 spiro atoms. The van der Waals surface area contributed by atoms with Crippen LogP contribution in [0.3, 0.4) is 0 Å². The Bertz CT molecular complexity index is 497. The van der Waals surface area contributed by atoms with Gasteiger partial charge in [0.25, 0.3) is 0 Å². The molecule has 0 unspecified atom stereocenters. The predicted octanol–water partition coefficient (Wildman–Crippen LogP) is 1.23. The number of carbonyl (C=O) groups excluding carboxylic acids is 1. The van der Waals surface area contributed by atoms with Crippen LogP contribution >= 0.6 is 0 Å². The highest BCUT2D eigenvalue weighted by atomic mass is 16.5. The molecule has 1 fully saturated rings. The minimum absolute atomic E-state index is 0.00490. The maximum absolute atomic E-state index is 12.5. The zero-order chi connectivity index (χ0) is 15.2. The lowest BCUT2D eigenvalue weighted by Crippen LogP contribution is -2.39. The number of hydrogen-bond donors (Lipinski definition) is 0. The molecule has 1 aromatic rings. The van der Waals surface area contributed by atoms with Crippen molar-refractivity contribution in [2.75, 3.05) is 54.2 Å². The molecule has 0 bridgehead atoms. The summed E-state index contributed by atoms with van der Waals surface area (Å²) in [6, 6.07) is 3.43. The van der Waals surface area contributed by atoms with E-state index < -0.39 is 0 Å². The number of nitrogens with zero attached hydrogens (tertiary/aromatic N) is 1. The molecule has 0 radical (unpaired) electrons. The summed E-state index contributed by atoms with van der Waals surface area (Å²) in [6.45, 7) is 3.20. The fourth-order valence-corrected chi connectivity index (χ4v) is 2.37. The number of Topliss-reactive ketones (excluding diaryl/α,β-unsaturated/α-hetero) is 1. The number of hydrogen-bond acceptors (Lipinski definition) is 6. The summed E-state index contributed by atoms with van der Waals surface area (Å²) in [7, 11) is 4.59. The predicted molar refractivity (Wildman–Crippen MR) is 77.7 cm³/mol. The summed E-state index contributed by atoms with van der Waals surface area (Å²) in [4.78, 5) is 14.6. The summed E-state index contributed by atoms with van der Waals surface area (Å²) < 4.78 is 21.2. The van der Waals surface area contributed by atoms with Crippen LogP contribution in [0.1, 0.15) is 10.4 Å². The minimum Gasteiger partial charge on any atom is -0.493 e. The molecule has 1 aliphatic heterocycles. The standard InChI is InChI=1S/C15H21NO5/c1-18-13-5-4-11(14(19-2)15(13)20-3)12(17)10-16-6-8-21-9-7-16/h4-5H,6-10H2,1-3H3. The summed E-state index contributed by atoms with van der Waals surface area (Å²) in [5, 5.41) is 0. The van der Waals surface area contributed by atoms with Gasteiger partial charge in [0.1, 0.15) is 0 Å². The first-order valence-electron chi connectivity index (χ1n) is 6.83. The molecular weight excluding hydrogens is 274 g/mol. The zero-order valence-electron chi connectivity index (χ0n) is 12.7. The molecule has 0 atom stereocenters. The molecule has 0 amide bonds. The summed E-state index contributed by atoms with van der Waals surface area (Å²) in [6.07, 6.45) is 0. The van der Waals surface area contributed by atoms with Crippen molar-refractivity contribution in [3.63, 3.8) is 0 Å². The number of rotatable bonds is 6. The highest BCUT2D eigenvalue weighted by Gasteiger charge is 2.22. The van der Waals surface area contributed by atoms with Crippen LogP contribution in [0.25, 0.3) is 0 Å². The van der Waals surface area contributed by atoms with Gasteiger partial charge < -0.3 is 18.9 Å². The lowest BCUT2D eigenvalue weighted by molar-refractivity contribution is 0.0370. The fraction of sp³-hybridized carbons (Fsp3) is 0.533. The maximum Gasteiger partial charge on any atom is 0.204 e. The first-order valence-corrected chi connectivity index (χ1v) is 6.83. The van der Waals surface area contributed by atoms with Crippen LogP contribution in [0.5, 0.6) is 17.2 Å². The van der Waals surface area contributed by atoms with Crippen molar-refractivity contribution in [2.45, 2.75) is 0 Å². The molecule has 0 aliphatic carbocycles. The molecule has 2 rings (SSSR count). The van der Waals surface area contributed by atoms with Gasteiger partial charge in [0.15, 0.2) is 17.3 Å². The number of ketones is 1. The molecule has 6 nitrogen and oxygen atoms in total. The Morgan fingerprint density at radius 1 is 1.10 bits per heavy atom. The molecule has 0 saturated carbocycles. The second-order valence-corrected chi connectivity index (χ2v) is 4.69. The normalized spacial score (nSPS) is 15.6. The van der Waals surface area contributed by atoms with Gasteiger partial charge in [-0.05, 0) is 12.1 Å². The Morgan fingerprint density at radius 3 is 2.33 bits per heavy atom. The van der Waals surface area contributed by atoms with Crippen molar-refractivity contribution in [3.05, 3.63) is 17.7 Å². The number of methoxy groups -OCH3 is 3. The van der Waals surface area contributed by atoms with Gasteiger partial charge in [-0.3, -0.25) is 9.69 Å². The van der Waals surface area contributed by atoms with Gasteiger partial charge in [0.05, 0.1) is 46.7 Å². The molecule has 0 N–H and O–H groups in total. The van der Waals surface area contributed by atoms with Crippen molar-refractivity contribution in [2.24, 2.45) is 0 Å². The van der Waals surface area contributed by atoms with E-state index in [0.29, 0.717) is 42.6 Å². The van der Waals surface area contributed by atoms with E-state index >= 15 is 0 Å². The van der Waals surface area contributed by atoms with E-state index in [0.717, 1.165) is 13.1 Å². The molecular formula is C15H21NO5. The van der Waals surface area contributed by atoms with E-state index in [4.69, 9.17) is 18.9 Å². The second kappa shape index (κ2) is 7.28. The van der Waals surface area contributed by atoms with Gasteiger partial charge in [-0.1, -0.05) is 0 Å². The molecule has 21 heavy (non-hydrogen) atoms. The monoisotopic (exact) mass is 295 g/mol. The van der Waals surface area contributed by atoms with E-state index in [-0.39, 0.29) is 5.78 Å². The number of benzene rings is 1. The second-order valence-electron chi connectivity index (χ2n) is 4.69. The van der Waals surface area contributed by atoms with E-state index in [1.165, 1.54) is 14.2 Å². The van der Waals surface area contributed by atoms with Crippen LogP contribution in [-0.2, 0) is 4.74 Å². The topological polar surface area (TPSA) is 57.2 Å². The molecule has 116 valence electrons. The molecule has 1 heterocycles. The third-order valence-electron chi connectivity index (χ3n) is 3.48. The van der Waals surface area contributed by atoms with Crippen molar-refractivity contribution < 1.29 is 23.7 Å². The summed E-state index contributed by atoms with van der Waals surface area (Å²) in [5.41, 5.74) is 0.502. The Hall–Kier alpha value is -1.79. The maximum atomic E-state index is 12.5.